The van der Waals surface area contributed by atoms with E-state index in [-0.39, 0.29) is 35.8 Å². The first kappa shape index (κ1) is 24.9. The Morgan fingerprint density at radius 2 is 2.04 bits per heavy atom. The first-order valence-electron chi connectivity index (χ1n) is 8.71. The summed E-state index contributed by atoms with van der Waals surface area (Å²) in [5.41, 5.74) is 0. The minimum Gasteiger partial charge on any atom is -0.381 e. The smallest absolute Gasteiger partial charge is 0.191 e. The van der Waals surface area contributed by atoms with E-state index in [1.54, 1.807) is 7.05 Å². The molecule has 0 aromatic rings. The highest BCUT2D eigenvalue weighted by Gasteiger charge is 2.13. The van der Waals surface area contributed by atoms with Crippen molar-refractivity contribution >= 4 is 39.8 Å². The summed E-state index contributed by atoms with van der Waals surface area (Å²) in [6.07, 6.45) is 4.92. The van der Waals surface area contributed by atoms with E-state index in [1.807, 2.05) is 6.92 Å². The van der Waals surface area contributed by atoms with Crippen molar-refractivity contribution in [2.75, 3.05) is 52.0 Å². The Labute approximate surface area is 169 Å². The third-order valence-electron chi connectivity index (χ3n) is 3.98. The van der Waals surface area contributed by atoms with Crippen molar-refractivity contribution in [1.82, 2.24) is 10.6 Å². The van der Waals surface area contributed by atoms with E-state index in [2.05, 4.69) is 15.6 Å². The Kier molecular flexibility index (Phi) is 13.9. The van der Waals surface area contributed by atoms with E-state index in [0.29, 0.717) is 18.3 Å². The SMILES string of the molecule is CN=C(NCCCOCC1CCOCC1)NC(C)CCS(C)(=O)=O.I. The van der Waals surface area contributed by atoms with Gasteiger partial charge in [-0.15, -0.1) is 24.0 Å². The lowest BCUT2D eigenvalue weighted by molar-refractivity contribution is 0.0203. The van der Waals surface area contributed by atoms with E-state index in [4.69, 9.17) is 9.47 Å². The Balaban J connectivity index is 0.00000576. The molecule has 7 nitrogen and oxygen atoms in total. The van der Waals surface area contributed by atoms with Crippen LogP contribution >= 0.6 is 24.0 Å². The Morgan fingerprint density at radius 3 is 2.64 bits per heavy atom. The summed E-state index contributed by atoms with van der Waals surface area (Å²) in [5, 5.41) is 6.43. The number of sulfone groups is 1. The largest absolute Gasteiger partial charge is 0.381 e. The van der Waals surface area contributed by atoms with Crippen molar-refractivity contribution in [2.24, 2.45) is 10.9 Å². The topological polar surface area (TPSA) is 89.0 Å². The molecule has 1 unspecified atom stereocenters. The van der Waals surface area contributed by atoms with Gasteiger partial charge in [0.1, 0.15) is 9.84 Å². The molecule has 150 valence electrons. The minimum atomic E-state index is -2.92. The molecule has 1 rings (SSSR count). The quantitative estimate of drug-likeness (QED) is 0.208. The summed E-state index contributed by atoms with van der Waals surface area (Å²) < 4.78 is 33.4. The van der Waals surface area contributed by atoms with Crippen LogP contribution in [0.2, 0.25) is 0 Å². The first-order valence-corrected chi connectivity index (χ1v) is 10.8. The molecule has 1 saturated heterocycles. The van der Waals surface area contributed by atoms with Crippen molar-refractivity contribution in [2.45, 2.75) is 38.6 Å². The van der Waals surface area contributed by atoms with E-state index < -0.39 is 9.84 Å². The van der Waals surface area contributed by atoms with Gasteiger partial charge in [0.15, 0.2) is 5.96 Å². The maximum Gasteiger partial charge on any atom is 0.191 e. The van der Waals surface area contributed by atoms with Crippen molar-refractivity contribution in [1.29, 1.82) is 0 Å². The second kappa shape index (κ2) is 14.0. The summed E-state index contributed by atoms with van der Waals surface area (Å²) in [5.74, 6) is 1.51. The molecule has 1 heterocycles. The highest BCUT2D eigenvalue weighted by molar-refractivity contribution is 14.0. The van der Waals surface area contributed by atoms with Crippen LogP contribution in [0.3, 0.4) is 0 Å². The van der Waals surface area contributed by atoms with Gasteiger partial charge in [-0.05, 0) is 38.5 Å². The number of guanidine groups is 1. The third-order valence-corrected chi connectivity index (χ3v) is 4.96. The predicted octanol–water partition coefficient (Wildman–Crippen LogP) is 1.43. The van der Waals surface area contributed by atoms with Crippen LogP contribution in [0.1, 0.15) is 32.6 Å². The lowest BCUT2D eigenvalue weighted by Crippen LogP contribution is -2.43. The fourth-order valence-electron chi connectivity index (χ4n) is 2.44. The standard InChI is InChI=1S/C16H33N3O4S.HI/c1-14(7-12-24(3,20)21)19-16(17-2)18-8-4-9-23-13-15-5-10-22-11-6-15;/h14-15H,4-13H2,1-3H3,(H2,17,18,19);1H. The average Bonchev–Trinajstić information content (AvgIpc) is 2.55. The fourth-order valence-corrected chi connectivity index (χ4v) is 3.22. The number of aliphatic imine (C=N–C) groups is 1. The zero-order valence-corrected chi connectivity index (χ0v) is 18.8. The van der Waals surface area contributed by atoms with Crippen LogP contribution in [0.15, 0.2) is 4.99 Å². The van der Waals surface area contributed by atoms with Gasteiger partial charge in [0.25, 0.3) is 0 Å². The van der Waals surface area contributed by atoms with Gasteiger partial charge in [0.05, 0.1) is 5.75 Å². The highest BCUT2D eigenvalue weighted by atomic mass is 127. The van der Waals surface area contributed by atoms with Crippen LogP contribution in [-0.4, -0.2) is 72.4 Å². The number of rotatable bonds is 10. The Bertz CT molecular complexity index is 468. The number of halogens is 1. The number of ether oxygens (including phenoxy) is 2. The van der Waals surface area contributed by atoms with E-state index in [9.17, 15) is 8.42 Å². The summed E-state index contributed by atoms with van der Waals surface area (Å²) in [6, 6.07) is 0.0516. The molecule has 1 aliphatic heterocycles. The van der Waals surface area contributed by atoms with Crippen LogP contribution < -0.4 is 10.6 Å². The molecule has 9 heteroatoms. The van der Waals surface area contributed by atoms with Gasteiger partial charge in [-0.2, -0.15) is 0 Å². The summed E-state index contributed by atoms with van der Waals surface area (Å²) in [7, 11) is -1.21. The molecule has 25 heavy (non-hydrogen) atoms. The van der Waals surface area contributed by atoms with Crippen LogP contribution in [0.25, 0.3) is 0 Å². The molecule has 0 aromatic carbocycles. The third kappa shape index (κ3) is 13.7. The van der Waals surface area contributed by atoms with Crippen molar-refractivity contribution < 1.29 is 17.9 Å². The van der Waals surface area contributed by atoms with Crippen molar-refractivity contribution in [3.63, 3.8) is 0 Å². The lowest BCUT2D eigenvalue weighted by Gasteiger charge is -2.21. The molecule has 0 bridgehead atoms. The normalized spacial score (nSPS) is 17.6. The van der Waals surface area contributed by atoms with Gasteiger partial charge in [0.2, 0.25) is 0 Å². The van der Waals surface area contributed by atoms with Crippen LogP contribution in [0.4, 0.5) is 0 Å². The molecular formula is C16H34IN3O4S. The van der Waals surface area contributed by atoms with Crippen LogP contribution in [-0.2, 0) is 19.3 Å². The molecule has 2 N–H and O–H groups in total. The maximum atomic E-state index is 11.2. The second-order valence-corrected chi connectivity index (χ2v) is 8.71. The van der Waals surface area contributed by atoms with Gasteiger partial charge < -0.3 is 20.1 Å². The molecule has 1 atom stereocenters. The van der Waals surface area contributed by atoms with Gasteiger partial charge in [-0.3, -0.25) is 4.99 Å². The Hall–Kier alpha value is -0.130. The predicted molar refractivity (Wildman–Crippen MR) is 113 cm³/mol. The molecule has 1 fully saturated rings. The monoisotopic (exact) mass is 491 g/mol. The number of nitrogens with zero attached hydrogens (tertiary/aromatic N) is 1. The first-order chi connectivity index (χ1) is 11.4. The Morgan fingerprint density at radius 1 is 1.36 bits per heavy atom. The number of hydrogen-bond acceptors (Lipinski definition) is 5. The van der Waals surface area contributed by atoms with Crippen LogP contribution in [0.5, 0.6) is 0 Å². The zero-order valence-electron chi connectivity index (χ0n) is 15.6. The molecule has 0 aromatic heterocycles. The molecule has 0 spiro atoms. The minimum absolute atomic E-state index is 0. The van der Waals surface area contributed by atoms with Gasteiger partial charge in [0, 0.05) is 52.3 Å². The van der Waals surface area contributed by atoms with Crippen molar-refractivity contribution in [3.05, 3.63) is 0 Å². The second-order valence-electron chi connectivity index (χ2n) is 6.45. The molecule has 0 aliphatic carbocycles. The highest BCUT2D eigenvalue weighted by Crippen LogP contribution is 2.14. The molecule has 0 amide bonds. The van der Waals surface area contributed by atoms with E-state index >= 15 is 0 Å². The van der Waals surface area contributed by atoms with Crippen LogP contribution in [0, 0.1) is 5.92 Å². The van der Waals surface area contributed by atoms with Gasteiger partial charge in [-0.1, -0.05) is 0 Å². The zero-order chi connectivity index (χ0) is 17.8. The maximum absolute atomic E-state index is 11.2. The molecular weight excluding hydrogens is 457 g/mol. The molecule has 1 aliphatic rings. The number of hydrogen-bond donors (Lipinski definition) is 2. The molecule has 0 saturated carbocycles. The van der Waals surface area contributed by atoms with Gasteiger partial charge >= 0.3 is 0 Å². The average molecular weight is 491 g/mol. The lowest BCUT2D eigenvalue weighted by atomic mass is 10.0. The molecule has 0 radical (unpaired) electrons. The van der Waals surface area contributed by atoms with E-state index in [1.165, 1.54) is 6.26 Å². The summed E-state index contributed by atoms with van der Waals surface area (Å²) >= 11 is 0. The van der Waals surface area contributed by atoms with Gasteiger partial charge in [-0.25, -0.2) is 8.42 Å². The summed E-state index contributed by atoms with van der Waals surface area (Å²) in [6.45, 7) is 5.98. The number of nitrogens with one attached hydrogen (secondary N) is 2. The van der Waals surface area contributed by atoms with Crippen molar-refractivity contribution in [3.8, 4) is 0 Å². The summed E-state index contributed by atoms with van der Waals surface area (Å²) in [4.78, 5) is 4.15. The van der Waals surface area contributed by atoms with E-state index in [0.717, 1.165) is 52.2 Å². The fraction of sp³-hybridized carbons (Fsp3) is 0.938.